The van der Waals surface area contributed by atoms with Gasteiger partial charge in [-0.25, -0.2) is 4.79 Å². The number of hydrogen-bond acceptors (Lipinski definition) is 4. The number of esters is 1. The molecule has 0 aromatic heterocycles. The predicted molar refractivity (Wildman–Crippen MR) is 94.1 cm³/mol. The number of ether oxygens (including phenoxy) is 3. The van der Waals surface area contributed by atoms with E-state index >= 15 is 0 Å². The van der Waals surface area contributed by atoms with Gasteiger partial charge in [0.05, 0.1) is 14.2 Å². The highest BCUT2D eigenvalue weighted by molar-refractivity contribution is 5.97. The van der Waals surface area contributed by atoms with Gasteiger partial charge in [-0.1, -0.05) is 30.3 Å². The first-order chi connectivity index (χ1) is 11.6. The minimum atomic E-state index is -0.362. The summed E-state index contributed by atoms with van der Waals surface area (Å²) in [7, 11) is 3.00. The molecule has 126 valence electrons. The van der Waals surface area contributed by atoms with Gasteiger partial charge < -0.3 is 14.2 Å². The third-order valence-corrected chi connectivity index (χ3v) is 3.76. The Balaban J connectivity index is 2.34. The highest BCUT2D eigenvalue weighted by Crippen LogP contribution is 2.27. The molecule has 1 unspecified atom stereocenters. The lowest BCUT2D eigenvalue weighted by Gasteiger charge is -2.21. The number of carbonyl (C=O) groups excluding carboxylic acids is 1. The first-order valence-electron chi connectivity index (χ1n) is 7.72. The summed E-state index contributed by atoms with van der Waals surface area (Å²) in [6, 6.07) is 17.0. The molecule has 0 amide bonds. The summed E-state index contributed by atoms with van der Waals surface area (Å²) >= 11 is 0. The summed E-state index contributed by atoms with van der Waals surface area (Å²) in [4.78, 5) is 12.0. The van der Waals surface area contributed by atoms with Crippen LogP contribution in [0.5, 0.6) is 11.5 Å². The van der Waals surface area contributed by atoms with Crippen molar-refractivity contribution in [3.63, 3.8) is 0 Å². The normalized spacial score (nSPS) is 12.8. The molecule has 0 bridgehead atoms. The third-order valence-electron chi connectivity index (χ3n) is 3.76. The van der Waals surface area contributed by atoms with Crippen molar-refractivity contribution >= 4 is 11.5 Å². The van der Waals surface area contributed by atoms with Crippen molar-refractivity contribution in [2.75, 3.05) is 14.2 Å². The molecule has 4 nitrogen and oxygen atoms in total. The predicted octanol–water partition coefficient (Wildman–Crippen LogP) is 4.11. The molecule has 0 saturated heterocycles. The van der Waals surface area contributed by atoms with Gasteiger partial charge in [0, 0.05) is 11.1 Å². The van der Waals surface area contributed by atoms with Gasteiger partial charge in [-0.05, 0) is 43.7 Å². The monoisotopic (exact) mass is 326 g/mol. The summed E-state index contributed by atoms with van der Waals surface area (Å²) in [5, 5.41) is 0. The van der Waals surface area contributed by atoms with E-state index in [0.29, 0.717) is 11.3 Å². The van der Waals surface area contributed by atoms with E-state index in [1.54, 1.807) is 14.0 Å². The fourth-order valence-electron chi connectivity index (χ4n) is 2.55. The van der Waals surface area contributed by atoms with Gasteiger partial charge in [0.25, 0.3) is 0 Å². The fraction of sp³-hybridized carbons (Fsp3) is 0.250. The lowest BCUT2D eigenvalue weighted by Crippen LogP contribution is -2.18. The number of hydrogen-bond donors (Lipinski definition) is 0. The fourth-order valence-corrected chi connectivity index (χ4v) is 2.55. The lowest BCUT2D eigenvalue weighted by atomic mass is 9.96. The van der Waals surface area contributed by atoms with Crippen molar-refractivity contribution < 1.29 is 19.0 Å². The van der Waals surface area contributed by atoms with Crippen molar-refractivity contribution in [1.29, 1.82) is 0 Å². The maximum absolute atomic E-state index is 12.0. The van der Waals surface area contributed by atoms with Crippen LogP contribution in [0.15, 0.2) is 60.2 Å². The molecule has 2 rings (SSSR count). The number of methoxy groups -OCH3 is 2. The average molecular weight is 326 g/mol. The van der Waals surface area contributed by atoms with Crippen molar-refractivity contribution in [1.82, 2.24) is 0 Å². The van der Waals surface area contributed by atoms with Gasteiger partial charge in [-0.3, -0.25) is 0 Å². The molecular weight excluding hydrogens is 304 g/mol. The second-order valence-corrected chi connectivity index (χ2v) is 5.33. The Morgan fingerprint density at radius 3 is 2.04 bits per heavy atom. The molecular formula is C20H22O4. The molecule has 0 N–H and O–H groups in total. The van der Waals surface area contributed by atoms with E-state index in [4.69, 9.17) is 14.2 Å². The van der Waals surface area contributed by atoms with Gasteiger partial charge in [-0.2, -0.15) is 0 Å². The lowest BCUT2D eigenvalue weighted by molar-refractivity contribution is -0.136. The first kappa shape index (κ1) is 17.6. The van der Waals surface area contributed by atoms with Crippen LogP contribution < -0.4 is 9.47 Å². The molecule has 2 aromatic rings. The van der Waals surface area contributed by atoms with E-state index in [1.807, 2.05) is 61.5 Å². The Morgan fingerprint density at radius 2 is 1.50 bits per heavy atom. The van der Waals surface area contributed by atoms with Crippen LogP contribution in [-0.2, 0) is 9.53 Å². The van der Waals surface area contributed by atoms with Crippen LogP contribution in [0.3, 0.4) is 0 Å². The molecule has 0 spiro atoms. The summed E-state index contributed by atoms with van der Waals surface area (Å²) in [6.07, 6.45) is -0.320. The SMILES string of the molecule is COC(=O)/C(C)=C(/c1ccccc1)C(C)Oc1ccc(OC)cc1. The largest absolute Gasteiger partial charge is 0.497 e. The maximum atomic E-state index is 12.0. The van der Waals surface area contributed by atoms with Crippen LogP contribution in [0, 0.1) is 0 Å². The second-order valence-electron chi connectivity index (χ2n) is 5.33. The molecule has 0 fully saturated rings. The second kappa shape index (κ2) is 8.20. The quantitative estimate of drug-likeness (QED) is 0.592. The van der Waals surface area contributed by atoms with Crippen LogP contribution in [0.2, 0.25) is 0 Å². The van der Waals surface area contributed by atoms with Crippen LogP contribution in [0.1, 0.15) is 19.4 Å². The molecule has 24 heavy (non-hydrogen) atoms. The van der Waals surface area contributed by atoms with Gasteiger partial charge in [0.15, 0.2) is 0 Å². The van der Waals surface area contributed by atoms with Crippen LogP contribution >= 0.6 is 0 Å². The Hall–Kier alpha value is -2.75. The first-order valence-corrected chi connectivity index (χ1v) is 7.72. The van der Waals surface area contributed by atoms with E-state index in [2.05, 4.69) is 0 Å². The molecule has 0 saturated carbocycles. The zero-order valence-corrected chi connectivity index (χ0v) is 14.4. The van der Waals surface area contributed by atoms with Gasteiger partial charge >= 0.3 is 5.97 Å². The Labute approximate surface area is 142 Å². The zero-order valence-electron chi connectivity index (χ0n) is 14.4. The standard InChI is InChI=1S/C20H22O4/c1-14(20(21)23-4)19(16-8-6-5-7-9-16)15(2)24-18-12-10-17(22-3)11-13-18/h5-13,15H,1-4H3/b19-14+. The number of rotatable bonds is 6. The van der Waals surface area contributed by atoms with E-state index < -0.39 is 0 Å². The molecule has 2 aromatic carbocycles. The molecule has 0 aliphatic carbocycles. The van der Waals surface area contributed by atoms with Crippen molar-refractivity contribution in [3.8, 4) is 11.5 Å². The summed E-state index contributed by atoms with van der Waals surface area (Å²) < 4.78 is 16.1. The molecule has 0 aliphatic rings. The Bertz CT molecular complexity index is 702. The van der Waals surface area contributed by atoms with Crippen LogP contribution in [-0.4, -0.2) is 26.3 Å². The van der Waals surface area contributed by atoms with E-state index in [9.17, 15) is 4.79 Å². The van der Waals surface area contributed by atoms with Gasteiger partial charge in [0.2, 0.25) is 0 Å². The highest BCUT2D eigenvalue weighted by Gasteiger charge is 2.20. The molecule has 4 heteroatoms. The Morgan fingerprint density at radius 1 is 0.917 bits per heavy atom. The third kappa shape index (κ3) is 4.16. The average Bonchev–Trinajstić information content (AvgIpc) is 2.62. The van der Waals surface area contributed by atoms with Gasteiger partial charge in [0.1, 0.15) is 17.6 Å². The van der Waals surface area contributed by atoms with Gasteiger partial charge in [-0.15, -0.1) is 0 Å². The van der Waals surface area contributed by atoms with E-state index in [-0.39, 0.29) is 12.1 Å². The van der Waals surface area contributed by atoms with Crippen molar-refractivity contribution in [3.05, 3.63) is 65.7 Å². The highest BCUT2D eigenvalue weighted by atomic mass is 16.5. The number of carbonyl (C=O) groups is 1. The smallest absolute Gasteiger partial charge is 0.333 e. The topological polar surface area (TPSA) is 44.8 Å². The molecule has 0 heterocycles. The summed E-state index contributed by atoms with van der Waals surface area (Å²) in [5.74, 6) is 1.10. The van der Waals surface area contributed by atoms with Crippen molar-refractivity contribution in [2.24, 2.45) is 0 Å². The summed E-state index contributed by atoms with van der Waals surface area (Å²) in [6.45, 7) is 3.67. The molecule has 0 radical (unpaired) electrons. The minimum absolute atomic E-state index is 0.320. The maximum Gasteiger partial charge on any atom is 0.333 e. The Kier molecular flexibility index (Phi) is 6.01. The van der Waals surface area contributed by atoms with E-state index in [0.717, 1.165) is 16.9 Å². The van der Waals surface area contributed by atoms with Crippen LogP contribution in [0.25, 0.3) is 5.57 Å². The molecule has 0 aliphatic heterocycles. The molecule has 1 atom stereocenters. The zero-order chi connectivity index (χ0) is 17.5. The minimum Gasteiger partial charge on any atom is -0.497 e. The van der Waals surface area contributed by atoms with Crippen LogP contribution in [0.4, 0.5) is 0 Å². The van der Waals surface area contributed by atoms with Crippen molar-refractivity contribution in [2.45, 2.75) is 20.0 Å². The summed E-state index contributed by atoms with van der Waals surface area (Å²) in [5.41, 5.74) is 2.27. The number of benzene rings is 2. The van der Waals surface area contributed by atoms with E-state index in [1.165, 1.54) is 7.11 Å².